The average Bonchev–Trinajstić information content (AvgIpc) is 3.23. The van der Waals surface area contributed by atoms with Crippen LogP contribution in [0, 0.1) is 0 Å². The fraction of sp³-hybridized carbons (Fsp3) is 0.389. The minimum Gasteiger partial charge on any atom is -0.486 e. The predicted octanol–water partition coefficient (Wildman–Crippen LogP) is 2.78. The number of aromatic carboxylic acids is 1. The Hall–Kier alpha value is -2.31. The van der Waals surface area contributed by atoms with Crippen molar-refractivity contribution < 1.29 is 23.8 Å². The zero-order chi connectivity index (χ0) is 16.9. The fourth-order valence-electron chi connectivity index (χ4n) is 2.81. The molecule has 0 bridgehead atoms. The molecule has 1 aromatic heterocycles. The van der Waals surface area contributed by atoms with E-state index in [-0.39, 0.29) is 12.4 Å². The quantitative estimate of drug-likeness (QED) is 0.841. The number of rotatable bonds is 7. The molecule has 6 nitrogen and oxygen atoms in total. The average molecular weight is 331 g/mol. The Morgan fingerprint density at radius 2 is 2.08 bits per heavy atom. The molecule has 1 fully saturated rings. The van der Waals surface area contributed by atoms with Crippen molar-refractivity contribution in [2.45, 2.75) is 25.7 Å². The van der Waals surface area contributed by atoms with Crippen molar-refractivity contribution >= 4 is 5.97 Å². The summed E-state index contributed by atoms with van der Waals surface area (Å²) in [5.41, 5.74) is 1.23. The minimum atomic E-state index is -1.08. The van der Waals surface area contributed by atoms with Gasteiger partial charge in [-0.2, -0.15) is 0 Å². The van der Waals surface area contributed by atoms with Gasteiger partial charge < -0.3 is 19.0 Å². The Labute approximate surface area is 140 Å². The molecule has 0 spiro atoms. The summed E-state index contributed by atoms with van der Waals surface area (Å²) in [7, 11) is 1.76. The number of methoxy groups -OCH3 is 1. The molecule has 0 radical (unpaired) electrons. The zero-order valence-corrected chi connectivity index (χ0v) is 13.6. The van der Waals surface area contributed by atoms with Crippen LogP contribution in [0.4, 0.5) is 0 Å². The first-order valence-electron chi connectivity index (χ1n) is 7.93. The van der Waals surface area contributed by atoms with E-state index >= 15 is 0 Å². The van der Waals surface area contributed by atoms with Gasteiger partial charge in [-0.1, -0.05) is 12.1 Å². The molecule has 24 heavy (non-hydrogen) atoms. The van der Waals surface area contributed by atoms with Crippen molar-refractivity contribution in [2.75, 3.05) is 20.2 Å². The maximum atomic E-state index is 10.8. The molecule has 128 valence electrons. The maximum Gasteiger partial charge on any atom is 0.371 e. The number of nitrogens with zero attached hydrogens (tertiary/aromatic N) is 1. The number of carbonyl (C=O) groups is 1. The molecule has 1 atom stereocenters. The zero-order valence-electron chi connectivity index (χ0n) is 13.6. The van der Waals surface area contributed by atoms with Gasteiger partial charge in [0.1, 0.15) is 18.1 Å². The maximum absolute atomic E-state index is 10.8. The van der Waals surface area contributed by atoms with Crippen molar-refractivity contribution in [3.8, 4) is 5.75 Å². The van der Waals surface area contributed by atoms with Crippen molar-refractivity contribution in [1.82, 2.24) is 4.90 Å². The van der Waals surface area contributed by atoms with Gasteiger partial charge in [-0.05, 0) is 36.2 Å². The Balaban J connectivity index is 1.50. The number of benzene rings is 1. The van der Waals surface area contributed by atoms with Gasteiger partial charge in [0.05, 0.1) is 6.10 Å². The van der Waals surface area contributed by atoms with Gasteiger partial charge in [0, 0.05) is 26.7 Å². The number of hydrogen-bond acceptors (Lipinski definition) is 5. The highest BCUT2D eigenvalue weighted by atomic mass is 16.5. The third-order valence-electron chi connectivity index (χ3n) is 4.15. The molecule has 0 saturated carbocycles. The number of carboxylic acids is 1. The molecule has 3 rings (SSSR count). The van der Waals surface area contributed by atoms with Gasteiger partial charge in [0.25, 0.3) is 0 Å². The monoisotopic (exact) mass is 331 g/mol. The van der Waals surface area contributed by atoms with E-state index in [0.717, 1.165) is 31.8 Å². The van der Waals surface area contributed by atoms with Crippen LogP contribution in [0.2, 0.25) is 0 Å². The Kier molecular flexibility index (Phi) is 5.17. The topological polar surface area (TPSA) is 72.1 Å². The molecule has 1 aromatic carbocycles. The molecule has 1 aliphatic rings. The second kappa shape index (κ2) is 7.51. The summed E-state index contributed by atoms with van der Waals surface area (Å²) >= 11 is 0. The number of carboxylic acid groups (broad SMARTS) is 1. The Bertz CT molecular complexity index is 679. The molecule has 2 aromatic rings. The minimum absolute atomic E-state index is 0.0797. The first-order chi connectivity index (χ1) is 11.6. The van der Waals surface area contributed by atoms with E-state index in [4.69, 9.17) is 19.0 Å². The second-order valence-corrected chi connectivity index (χ2v) is 5.89. The van der Waals surface area contributed by atoms with Gasteiger partial charge in [0.15, 0.2) is 0 Å². The summed E-state index contributed by atoms with van der Waals surface area (Å²) < 4.78 is 16.2. The van der Waals surface area contributed by atoms with E-state index in [1.165, 1.54) is 11.6 Å². The second-order valence-electron chi connectivity index (χ2n) is 5.89. The van der Waals surface area contributed by atoms with Gasteiger partial charge in [0.2, 0.25) is 5.76 Å². The molecule has 1 unspecified atom stereocenters. The molecule has 1 aliphatic heterocycles. The molecule has 2 heterocycles. The third-order valence-corrected chi connectivity index (χ3v) is 4.15. The summed E-state index contributed by atoms with van der Waals surface area (Å²) in [6, 6.07) is 11.0. The smallest absolute Gasteiger partial charge is 0.371 e. The molecule has 6 heteroatoms. The van der Waals surface area contributed by atoms with Crippen molar-refractivity contribution in [3.05, 3.63) is 53.5 Å². The number of ether oxygens (including phenoxy) is 2. The van der Waals surface area contributed by atoms with Crippen LogP contribution >= 0.6 is 0 Å². The fourth-order valence-corrected chi connectivity index (χ4v) is 2.81. The van der Waals surface area contributed by atoms with E-state index in [0.29, 0.717) is 11.9 Å². The lowest BCUT2D eigenvalue weighted by Gasteiger charge is -2.15. The van der Waals surface area contributed by atoms with E-state index < -0.39 is 5.97 Å². The molecule has 1 saturated heterocycles. The number of furan rings is 1. The van der Waals surface area contributed by atoms with Crippen LogP contribution < -0.4 is 4.74 Å². The Morgan fingerprint density at radius 1 is 1.29 bits per heavy atom. The van der Waals surface area contributed by atoms with E-state index in [2.05, 4.69) is 4.90 Å². The van der Waals surface area contributed by atoms with Crippen LogP contribution in [0.15, 0.2) is 40.8 Å². The van der Waals surface area contributed by atoms with Crippen LogP contribution in [-0.2, 0) is 17.9 Å². The summed E-state index contributed by atoms with van der Waals surface area (Å²) in [4.78, 5) is 13.1. The normalized spacial score (nSPS) is 18.0. The first kappa shape index (κ1) is 16.5. The standard InChI is InChI=1S/C18H21NO5/c1-22-15-8-9-19(11-15)10-13-2-4-14(5-3-13)23-12-16-6-7-17(24-16)18(20)21/h2-7,15H,8-12H2,1H3,(H,20,21). The summed E-state index contributed by atoms with van der Waals surface area (Å²) in [5.74, 6) is 0.0505. The lowest BCUT2D eigenvalue weighted by molar-refractivity contribution is 0.0658. The number of likely N-dealkylation sites (tertiary alicyclic amines) is 1. The molecule has 0 aliphatic carbocycles. The lowest BCUT2D eigenvalue weighted by atomic mass is 10.2. The van der Waals surface area contributed by atoms with Gasteiger partial charge in [-0.15, -0.1) is 0 Å². The van der Waals surface area contributed by atoms with Crippen molar-refractivity contribution in [1.29, 1.82) is 0 Å². The highest BCUT2D eigenvalue weighted by Gasteiger charge is 2.21. The molecular formula is C18H21NO5. The van der Waals surface area contributed by atoms with Crippen LogP contribution in [0.5, 0.6) is 5.75 Å². The van der Waals surface area contributed by atoms with Gasteiger partial charge in [-0.3, -0.25) is 4.90 Å². The third kappa shape index (κ3) is 4.15. The van der Waals surface area contributed by atoms with Crippen LogP contribution in [-0.4, -0.2) is 42.3 Å². The molecular weight excluding hydrogens is 310 g/mol. The Morgan fingerprint density at radius 3 is 2.71 bits per heavy atom. The van der Waals surface area contributed by atoms with E-state index in [9.17, 15) is 4.79 Å². The summed E-state index contributed by atoms with van der Waals surface area (Å²) in [6.45, 7) is 3.13. The van der Waals surface area contributed by atoms with Crippen molar-refractivity contribution in [2.24, 2.45) is 0 Å². The van der Waals surface area contributed by atoms with Crippen LogP contribution in [0.1, 0.15) is 28.3 Å². The summed E-state index contributed by atoms with van der Waals surface area (Å²) in [6.07, 6.45) is 1.43. The van der Waals surface area contributed by atoms with Crippen molar-refractivity contribution in [3.63, 3.8) is 0 Å². The first-order valence-corrected chi connectivity index (χ1v) is 7.93. The van der Waals surface area contributed by atoms with E-state index in [1.54, 1.807) is 13.2 Å². The summed E-state index contributed by atoms with van der Waals surface area (Å²) in [5, 5.41) is 8.82. The highest BCUT2D eigenvalue weighted by Crippen LogP contribution is 2.19. The highest BCUT2D eigenvalue weighted by molar-refractivity contribution is 5.84. The van der Waals surface area contributed by atoms with Gasteiger partial charge >= 0.3 is 5.97 Å². The van der Waals surface area contributed by atoms with Crippen LogP contribution in [0.3, 0.4) is 0 Å². The van der Waals surface area contributed by atoms with Crippen LogP contribution in [0.25, 0.3) is 0 Å². The van der Waals surface area contributed by atoms with Gasteiger partial charge in [-0.25, -0.2) is 4.79 Å². The number of hydrogen-bond donors (Lipinski definition) is 1. The largest absolute Gasteiger partial charge is 0.486 e. The SMILES string of the molecule is COC1CCN(Cc2ccc(OCc3ccc(C(=O)O)o3)cc2)C1. The molecule has 1 N–H and O–H groups in total. The van der Waals surface area contributed by atoms with E-state index in [1.807, 2.05) is 24.3 Å². The predicted molar refractivity (Wildman–Crippen MR) is 87.1 cm³/mol. The molecule has 0 amide bonds. The lowest BCUT2D eigenvalue weighted by Crippen LogP contribution is -2.22.